The van der Waals surface area contributed by atoms with Crippen LogP contribution in [0.5, 0.6) is 0 Å². The summed E-state index contributed by atoms with van der Waals surface area (Å²) in [6.45, 7) is 4.61. The van der Waals surface area contributed by atoms with Gasteiger partial charge in [-0.3, -0.25) is 4.79 Å². The smallest absolute Gasteiger partial charge is 0.253 e. The van der Waals surface area contributed by atoms with Crippen LogP contribution in [0.4, 0.5) is 0 Å². The Bertz CT molecular complexity index is 1070. The van der Waals surface area contributed by atoms with Gasteiger partial charge in [-0.05, 0) is 44.7 Å². The van der Waals surface area contributed by atoms with E-state index in [4.69, 9.17) is 4.74 Å². The van der Waals surface area contributed by atoms with Gasteiger partial charge in [0.2, 0.25) is 10.0 Å². The second-order valence-electron chi connectivity index (χ2n) is 8.75. The quantitative estimate of drug-likeness (QED) is 0.722. The van der Waals surface area contributed by atoms with Crippen LogP contribution >= 0.6 is 0 Å². The molecule has 31 heavy (non-hydrogen) atoms. The van der Waals surface area contributed by atoms with Crippen molar-refractivity contribution in [3.8, 4) is 0 Å². The fraction of sp³-hybridized carbons (Fsp3) is 0.545. The van der Waals surface area contributed by atoms with E-state index in [1.165, 1.54) is 4.31 Å². The zero-order chi connectivity index (χ0) is 21.6. The number of hydrogen-bond donors (Lipinski definition) is 0. The zero-order valence-electron chi connectivity index (χ0n) is 17.7. The molecule has 0 aliphatic carbocycles. The molecule has 0 radical (unpaired) electrons. The number of nitrogens with zero attached hydrogens (tertiary/aromatic N) is 4. The van der Waals surface area contributed by atoms with Crippen LogP contribution < -0.4 is 0 Å². The molecule has 9 heteroatoms. The Morgan fingerprint density at radius 1 is 1.10 bits per heavy atom. The number of carbonyl (C=O) groups is 1. The summed E-state index contributed by atoms with van der Waals surface area (Å²) in [6, 6.07) is 6.94. The van der Waals surface area contributed by atoms with Gasteiger partial charge in [-0.25, -0.2) is 13.4 Å². The van der Waals surface area contributed by atoms with Gasteiger partial charge in [-0.1, -0.05) is 17.7 Å². The second-order valence-corrected chi connectivity index (χ2v) is 10.7. The van der Waals surface area contributed by atoms with Crippen molar-refractivity contribution in [2.45, 2.75) is 55.8 Å². The first-order valence-corrected chi connectivity index (χ1v) is 12.4. The first kappa shape index (κ1) is 20.7. The lowest BCUT2D eigenvalue weighted by Crippen LogP contribution is -2.55. The summed E-state index contributed by atoms with van der Waals surface area (Å²) in [5, 5.41) is 0. The minimum Gasteiger partial charge on any atom is -0.352 e. The predicted molar refractivity (Wildman–Crippen MR) is 114 cm³/mol. The molecule has 2 aromatic rings. The van der Waals surface area contributed by atoms with E-state index in [0.29, 0.717) is 37.4 Å². The van der Waals surface area contributed by atoms with Gasteiger partial charge >= 0.3 is 0 Å². The van der Waals surface area contributed by atoms with Crippen molar-refractivity contribution >= 4 is 15.9 Å². The third-order valence-electron chi connectivity index (χ3n) is 6.74. The molecule has 1 atom stereocenters. The molecular formula is C22H28N4O4S. The van der Waals surface area contributed by atoms with E-state index >= 15 is 0 Å². The Morgan fingerprint density at radius 2 is 1.77 bits per heavy atom. The number of fused-ring (bicyclic) bond motifs is 2. The summed E-state index contributed by atoms with van der Waals surface area (Å²) in [5.74, 6) is 0.830. The molecule has 5 rings (SSSR count). The number of carbonyl (C=O) groups excluding carboxylic acids is 1. The standard InChI is InChI=1S/C22H28N4O4S/c1-17-4-6-18(7-5-17)31(28,29)26-13-8-22(9-14-26)21-23-10-15-25(21)16-19(30-22)20(27)24-11-2-3-12-24/h4-7,10,15,19H,2-3,8-9,11-14,16H2,1H3/t19-/m1/s1. The molecule has 0 unspecified atom stereocenters. The van der Waals surface area contributed by atoms with Gasteiger partial charge in [0.25, 0.3) is 5.91 Å². The second kappa shape index (κ2) is 7.72. The van der Waals surface area contributed by atoms with Crippen LogP contribution in [0.3, 0.4) is 0 Å². The Morgan fingerprint density at radius 3 is 2.45 bits per heavy atom. The number of hydrogen-bond acceptors (Lipinski definition) is 5. The summed E-state index contributed by atoms with van der Waals surface area (Å²) in [4.78, 5) is 19.8. The minimum absolute atomic E-state index is 0.0333. The van der Waals surface area contributed by atoms with Crippen LogP contribution in [-0.4, -0.2) is 65.4 Å². The van der Waals surface area contributed by atoms with Crippen LogP contribution in [0, 0.1) is 6.92 Å². The number of aromatic nitrogens is 2. The molecule has 0 N–H and O–H groups in total. The van der Waals surface area contributed by atoms with E-state index in [-0.39, 0.29) is 5.91 Å². The third-order valence-corrected chi connectivity index (χ3v) is 8.65. The molecule has 3 aliphatic heterocycles. The number of piperidine rings is 1. The summed E-state index contributed by atoms with van der Waals surface area (Å²) in [6.07, 6.45) is 6.08. The molecule has 4 heterocycles. The summed E-state index contributed by atoms with van der Waals surface area (Å²) < 4.78 is 36.2. The molecule has 2 fully saturated rings. The Balaban J connectivity index is 1.37. The van der Waals surface area contributed by atoms with E-state index in [0.717, 1.165) is 37.3 Å². The summed E-state index contributed by atoms with van der Waals surface area (Å²) >= 11 is 0. The van der Waals surface area contributed by atoms with Crippen LogP contribution in [-0.2, 0) is 31.7 Å². The third kappa shape index (κ3) is 3.58. The molecule has 1 aromatic carbocycles. The molecule has 8 nitrogen and oxygen atoms in total. The fourth-order valence-corrected chi connectivity index (χ4v) is 6.40. The highest BCUT2D eigenvalue weighted by molar-refractivity contribution is 7.89. The van der Waals surface area contributed by atoms with Gasteiger partial charge in [-0.2, -0.15) is 4.31 Å². The van der Waals surface area contributed by atoms with Crippen molar-refractivity contribution in [1.29, 1.82) is 0 Å². The monoisotopic (exact) mass is 444 g/mol. The van der Waals surface area contributed by atoms with Crippen molar-refractivity contribution in [3.05, 3.63) is 48.0 Å². The minimum atomic E-state index is -3.57. The number of rotatable bonds is 3. The molecule has 3 aliphatic rings. The number of likely N-dealkylation sites (tertiary alicyclic amines) is 1. The SMILES string of the molecule is Cc1ccc(S(=O)(=O)N2CCC3(CC2)O[C@@H](C(=O)N2CCCC2)Cn2ccnc23)cc1. The molecule has 1 spiro atoms. The molecule has 2 saturated heterocycles. The maximum atomic E-state index is 13.1. The van der Waals surface area contributed by atoms with Gasteiger partial charge in [0.15, 0.2) is 6.10 Å². The van der Waals surface area contributed by atoms with Crippen LogP contribution in [0.1, 0.15) is 37.1 Å². The van der Waals surface area contributed by atoms with E-state index < -0.39 is 21.7 Å². The number of aryl methyl sites for hydroxylation is 1. The number of ether oxygens (including phenoxy) is 1. The zero-order valence-corrected chi connectivity index (χ0v) is 18.6. The van der Waals surface area contributed by atoms with Gasteiger partial charge in [0, 0.05) is 38.6 Å². The van der Waals surface area contributed by atoms with Crippen LogP contribution in [0.2, 0.25) is 0 Å². The average Bonchev–Trinajstić information content (AvgIpc) is 3.46. The van der Waals surface area contributed by atoms with Crippen molar-refractivity contribution in [2.75, 3.05) is 26.2 Å². The van der Waals surface area contributed by atoms with E-state index in [1.54, 1.807) is 18.3 Å². The lowest BCUT2D eigenvalue weighted by atomic mass is 9.89. The van der Waals surface area contributed by atoms with Crippen molar-refractivity contribution < 1.29 is 17.9 Å². The number of benzene rings is 1. The predicted octanol–water partition coefficient (Wildman–Crippen LogP) is 1.89. The maximum absolute atomic E-state index is 13.1. The van der Waals surface area contributed by atoms with E-state index in [1.807, 2.05) is 34.7 Å². The lowest BCUT2D eigenvalue weighted by molar-refractivity contribution is -0.178. The first-order chi connectivity index (χ1) is 14.9. The molecule has 0 bridgehead atoms. The van der Waals surface area contributed by atoms with E-state index in [2.05, 4.69) is 4.98 Å². The van der Waals surface area contributed by atoms with Crippen LogP contribution in [0.15, 0.2) is 41.6 Å². The highest BCUT2D eigenvalue weighted by atomic mass is 32.2. The number of sulfonamides is 1. The Kier molecular flexibility index (Phi) is 5.15. The number of imidazole rings is 1. The maximum Gasteiger partial charge on any atom is 0.253 e. The summed E-state index contributed by atoms with van der Waals surface area (Å²) in [7, 11) is -3.57. The van der Waals surface area contributed by atoms with Gasteiger partial charge in [0.05, 0.1) is 11.4 Å². The topological polar surface area (TPSA) is 84.7 Å². The largest absolute Gasteiger partial charge is 0.352 e. The average molecular weight is 445 g/mol. The molecule has 166 valence electrons. The Labute approximate surface area is 182 Å². The molecule has 1 amide bonds. The van der Waals surface area contributed by atoms with Gasteiger partial charge < -0.3 is 14.2 Å². The molecule has 0 saturated carbocycles. The highest BCUT2D eigenvalue weighted by Crippen LogP contribution is 2.41. The van der Waals surface area contributed by atoms with Gasteiger partial charge in [-0.15, -0.1) is 0 Å². The lowest BCUT2D eigenvalue weighted by Gasteiger charge is -2.45. The first-order valence-electron chi connectivity index (χ1n) is 10.9. The van der Waals surface area contributed by atoms with Crippen LogP contribution in [0.25, 0.3) is 0 Å². The highest BCUT2D eigenvalue weighted by Gasteiger charge is 2.49. The molecule has 1 aromatic heterocycles. The normalized spacial score (nSPS) is 23.8. The fourth-order valence-electron chi connectivity index (χ4n) is 4.95. The number of amides is 1. The van der Waals surface area contributed by atoms with E-state index in [9.17, 15) is 13.2 Å². The van der Waals surface area contributed by atoms with Crippen molar-refractivity contribution in [1.82, 2.24) is 18.8 Å². The van der Waals surface area contributed by atoms with Gasteiger partial charge in [0.1, 0.15) is 11.4 Å². The Hall–Kier alpha value is -2.23. The van der Waals surface area contributed by atoms with Crippen molar-refractivity contribution in [3.63, 3.8) is 0 Å². The summed E-state index contributed by atoms with van der Waals surface area (Å²) in [5.41, 5.74) is 0.286. The van der Waals surface area contributed by atoms with Crippen molar-refractivity contribution in [2.24, 2.45) is 0 Å². The molecular weight excluding hydrogens is 416 g/mol.